The van der Waals surface area contributed by atoms with Crippen LogP contribution in [-0.4, -0.2) is 109 Å². The van der Waals surface area contributed by atoms with Gasteiger partial charge < -0.3 is 45.0 Å². The largest absolute Gasteiger partial charge is 0.471 e. The Morgan fingerprint density at radius 3 is 2.48 bits per heavy atom. The van der Waals surface area contributed by atoms with Gasteiger partial charge in [0.15, 0.2) is 0 Å². The van der Waals surface area contributed by atoms with E-state index in [0.29, 0.717) is 43.1 Å². The van der Waals surface area contributed by atoms with Crippen molar-refractivity contribution in [3.05, 3.63) is 83.3 Å². The van der Waals surface area contributed by atoms with Crippen molar-refractivity contribution >= 4 is 46.2 Å². The Morgan fingerprint density at radius 1 is 1.02 bits per heavy atom. The summed E-state index contributed by atoms with van der Waals surface area (Å²) in [4.78, 5) is 64.0. The number of rotatable bonds is 13. The van der Waals surface area contributed by atoms with Crippen LogP contribution in [0.4, 0.5) is 9.18 Å². The molecule has 16 heteroatoms. The number of carbonyl (C=O) groups excluding carboxylic acids is 4. The highest BCUT2D eigenvalue weighted by molar-refractivity contribution is 6.04. The Kier molecular flexibility index (Phi) is 18.5. The van der Waals surface area contributed by atoms with Crippen LogP contribution >= 0.6 is 0 Å². The number of hydrogen-bond donors (Lipinski definition) is 5. The van der Waals surface area contributed by atoms with E-state index >= 15 is 4.39 Å². The Bertz CT molecular complexity index is 2350. The normalized spacial score (nSPS) is 15.0. The third-order valence-electron chi connectivity index (χ3n) is 10.7. The zero-order valence-electron chi connectivity index (χ0n) is 36.8. The quantitative estimate of drug-likeness (QED) is 0.0508. The van der Waals surface area contributed by atoms with Crippen molar-refractivity contribution in [1.82, 2.24) is 40.8 Å². The summed E-state index contributed by atoms with van der Waals surface area (Å²) >= 11 is 0. The molecule has 5 aromatic rings. The number of H-pyrrole nitrogens is 2. The van der Waals surface area contributed by atoms with Crippen molar-refractivity contribution in [3.63, 3.8) is 0 Å². The molecule has 0 bridgehead atoms. The predicted octanol–water partition coefficient (Wildman–Crippen LogP) is 6.32. The lowest BCUT2D eigenvalue weighted by Crippen LogP contribution is -2.51. The number of likely N-dealkylation sites (N-methyl/N-ethyl adjacent to an activating group) is 1. The number of halogens is 1. The first-order valence-electron chi connectivity index (χ1n) is 21.4. The predicted molar refractivity (Wildman–Crippen MR) is 239 cm³/mol. The number of methoxy groups -OCH3 is 2. The van der Waals surface area contributed by atoms with Gasteiger partial charge in [-0.15, -0.1) is 0 Å². The molecule has 3 amide bonds. The van der Waals surface area contributed by atoms with Gasteiger partial charge in [-0.1, -0.05) is 43.9 Å². The molecule has 63 heavy (non-hydrogen) atoms. The number of aromatic amines is 2. The van der Waals surface area contributed by atoms with E-state index in [2.05, 4.69) is 47.5 Å². The molecule has 2 aliphatic rings. The van der Waals surface area contributed by atoms with Gasteiger partial charge in [-0.05, 0) is 93.6 Å². The van der Waals surface area contributed by atoms with Gasteiger partial charge in [-0.3, -0.25) is 14.4 Å². The van der Waals surface area contributed by atoms with Gasteiger partial charge in [-0.2, -0.15) is 0 Å². The molecule has 7 rings (SSSR count). The number of fused-ring (bicyclic) bond motifs is 3. The average Bonchev–Trinajstić information content (AvgIpc) is 4.09. The molecule has 0 saturated carbocycles. The van der Waals surface area contributed by atoms with Crippen molar-refractivity contribution in [2.75, 3.05) is 54.1 Å². The molecular weight excluding hydrogens is 808 g/mol. The van der Waals surface area contributed by atoms with E-state index in [1.807, 2.05) is 50.2 Å². The summed E-state index contributed by atoms with van der Waals surface area (Å²) in [5, 5.41) is 10.2. The molecule has 0 spiro atoms. The van der Waals surface area contributed by atoms with E-state index in [4.69, 9.17) is 19.3 Å². The summed E-state index contributed by atoms with van der Waals surface area (Å²) in [5.74, 6) is 6.88. The highest BCUT2D eigenvalue weighted by atomic mass is 19.1. The van der Waals surface area contributed by atoms with Crippen molar-refractivity contribution in [1.29, 1.82) is 0 Å². The van der Waals surface area contributed by atoms with E-state index in [0.717, 1.165) is 84.2 Å². The lowest BCUT2D eigenvalue weighted by atomic mass is 10.0. The van der Waals surface area contributed by atoms with E-state index in [1.54, 1.807) is 24.2 Å². The third-order valence-corrected chi connectivity index (χ3v) is 10.7. The van der Waals surface area contributed by atoms with Crippen LogP contribution in [0, 0.1) is 23.6 Å². The molecule has 2 atom stereocenters. The molecule has 2 saturated heterocycles. The summed E-state index contributed by atoms with van der Waals surface area (Å²) in [6, 6.07) is 13.8. The van der Waals surface area contributed by atoms with E-state index in [-0.39, 0.29) is 23.8 Å². The van der Waals surface area contributed by atoms with E-state index in [9.17, 15) is 14.4 Å². The molecule has 0 radical (unpaired) electrons. The van der Waals surface area contributed by atoms with Crippen LogP contribution in [0.2, 0.25) is 0 Å². The highest BCUT2D eigenvalue weighted by Crippen LogP contribution is 2.34. The molecule has 2 fully saturated rings. The monoisotopic (exact) mass is 866 g/mol. The number of ether oxygens (including phenoxy) is 3. The number of nitrogens with one attached hydrogen (secondary N) is 5. The van der Waals surface area contributed by atoms with Crippen LogP contribution in [0.15, 0.2) is 54.7 Å². The molecule has 336 valence electrons. The molecule has 2 aromatic heterocycles. The van der Waals surface area contributed by atoms with Gasteiger partial charge in [0.2, 0.25) is 11.8 Å². The number of nitrogens with zero attached hydrogens (tertiary/aromatic N) is 3. The minimum Gasteiger partial charge on any atom is -0.471 e. The zero-order valence-corrected chi connectivity index (χ0v) is 36.8. The molecule has 0 aliphatic carbocycles. The van der Waals surface area contributed by atoms with E-state index in [1.165, 1.54) is 39.5 Å². The first-order chi connectivity index (χ1) is 30.6. The maximum absolute atomic E-state index is 15.2. The second-order valence-corrected chi connectivity index (χ2v) is 15.6. The lowest BCUT2D eigenvalue weighted by molar-refractivity contribution is -0.135. The number of amides is 3. The Balaban J connectivity index is 0.000000665. The summed E-state index contributed by atoms with van der Waals surface area (Å²) < 4.78 is 28.9. The molecule has 2 unspecified atom stereocenters. The number of imidazole rings is 2. The van der Waals surface area contributed by atoms with Gasteiger partial charge in [0, 0.05) is 49.2 Å². The van der Waals surface area contributed by atoms with Crippen molar-refractivity contribution in [2.45, 2.75) is 77.3 Å². The number of carbonyl (C=O) groups is 4. The molecule has 2 aliphatic heterocycles. The standard InChI is InChI=1S/C40H45FN8O4.C5H10O.C2H4O2/c1-24(2)36(48-40(52)53-4)39(51)49-19-7-8-33(49)38-46-31-17-15-27-20-25(11-16-29(27)37(31)47-38)10-12-26-13-14-28(21-30(26)41)32-22-44-34(45-32)9-5-6-18-43-35(50)23-42-3;1-2-4-6-5-3-1;1-4-2-3/h11,13-17,20-22,24,33,36,42H,5-9,18-19,23H2,1-4H3,(H,43,50)(H,44,45)(H,46,47)(H,48,52);1-5H2;2H,1H3. The first kappa shape index (κ1) is 47.7. The van der Waals surface area contributed by atoms with Crippen molar-refractivity contribution in [2.24, 2.45) is 5.92 Å². The average molecular weight is 867 g/mol. The summed E-state index contributed by atoms with van der Waals surface area (Å²) in [6.45, 7) is 7.64. The maximum atomic E-state index is 15.2. The van der Waals surface area contributed by atoms with Gasteiger partial charge in [0.1, 0.15) is 23.5 Å². The summed E-state index contributed by atoms with van der Waals surface area (Å²) in [5.41, 5.74) is 4.09. The second-order valence-electron chi connectivity index (χ2n) is 15.6. The second kappa shape index (κ2) is 24.4. The molecule has 4 heterocycles. The number of hydrogen-bond acceptors (Lipinski definition) is 10. The number of benzene rings is 3. The topological polar surface area (TPSA) is 193 Å². The Morgan fingerprint density at radius 2 is 1.81 bits per heavy atom. The highest BCUT2D eigenvalue weighted by Gasteiger charge is 2.37. The van der Waals surface area contributed by atoms with Crippen LogP contribution < -0.4 is 16.0 Å². The van der Waals surface area contributed by atoms with Crippen molar-refractivity contribution < 1.29 is 37.8 Å². The molecule has 3 aromatic carbocycles. The Labute approximate surface area is 367 Å². The fourth-order valence-corrected chi connectivity index (χ4v) is 7.36. The maximum Gasteiger partial charge on any atom is 0.407 e. The van der Waals surface area contributed by atoms with Crippen LogP contribution in [0.1, 0.15) is 87.6 Å². The molecule has 15 nitrogen and oxygen atoms in total. The summed E-state index contributed by atoms with van der Waals surface area (Å²) in [6.07, 6.45) is 9.00. The first-order valence-corrected chi connectivity index (χ1v) is 21.4. The SMILES string of the molecule is C1CCOCC1.CNCC(=O)NCCCCc1ncc(-c2ccc(C#Cc3ccc4c(ccc5[nH]c(C6CCCN6C(=O)C(NC(=O)OC)C(C)C)nc54)c3)c(F)c2)[nH]1.COC=O. The van der Waals surface area contributed by atoms with Crippen LogP contribution in [0.25, 0.3) is 33.1 Å². The lowest BCUT2D eigenvalue weighted by Gasteiger charge is -2.29. The molecular formula is C47H59FN8O7. The van der Waals surface area contributed by atoms with Gasteiger partial charge in [0.05, 0.1) is 55.3 Å². The van der Waals surface area contributed by atoms with E-state index < -0.39 is 18.0 Å². The third kappa shape index (κ3) is 13.6. The number of likely N-dealkylation sites (tertiary alicyclic amines) is 1. The van der Waals surface area contributed by atoms with Crippen molar-refractivity contribution in [3.8, 4) is 23.1 Å². The van der Waals surface area contributed by atoms with Gasteiger partial charge >= 0.3 is 6.09 Å². The van der Waals surface area contributed by atoms with Gasteiger partial charge in [0.25, 0.3) is 6.47 Å². The minimum atomic E-state index is -0.707. The number of aryl methyl sites for hydroxylation is 1. The molecule has 5 N–H and O–H groups in total. The number of aromatic nitrogens is 4. The van der Waals surface area contributed by atoms with Gasteiger partial charge in [-0.25, -0.2) is 19.2 Å². The fraction of sp³-hybridized carbons (Fsp3) is 0.447. The van der Waals surface area contributed by atoms with Crippen LogP contribution in [0.5, 0.6) is 0 Å². The number of alkyl carbamates (subject to hydrolysis) is 1. The minimum absolute atomic E-state index is 0.0245. The zero-order chi connectivity index (χ0) is 45.1. The Hall–Kier alpha value is -6.31. The van der Waals surface area contributed by atoms with Crippen LogP contribution in [-0.2, 0) is 35.0 Å². The smallest absolute Gasteiger partial charge is 0.407 e. The van der Waals surface area contributed by atoms with Crippen LogP contribution in [0.3, 0.4) is 0 Å². The summed E-state index contributed by atoms with van der Waals surface area (Å²) in [7, 11) is 4.33. The number of unbranched alkanes of at least 4 members (excludes halogenated alkanes) is 1. The fourth-order valence-electron chi connectivity index (χ4n) is 7.36.